The van der Waals surface area contributed by atoms with Crippen LogP contribution in [-0.2, 0) is 38.1 Å². The molecule has 1 aliphatic rings. The molecule has 1 rings (SSSR count). The van der Waals surface area contributed by atoms with Gasteiger partial charge in [-0.05, 0) is 6.42 Å². The number of carbonyl (C=O) groups is 3. The first kappa shape index (κ1) is 19.4. The van der Waals surface area contributed by atoms with Gasteiger partial charge in [-0.2, -0.15) is 0 Å². The van der Waals surface area contributed by atoms with Crippen LogP contribution >= 0.6 is 0 Å². The molecule has 4 atom stereocenters. The number of hydrogen-bond donors (Lipinski definition) is 0. The summed E-state index contributed by atoms with van der Waals surface area (Å²) < 4.78 is 26.6. The van der Waals surface area contributed by atoms with Gasteiger partial charge in [-0.25, -0.2) is 0 Å². The van der Waals surface area contributed by atoms with Gasteiger partial charge in [-0.3, -0.25) is 14.4 Å². The first-order valence-electron chi connectivity index (χ1n) is 7.60. The maximum absolute atomic E-state index is 11.4. The van der Waals surface area contributed by atoms with Crippen LogP contribution in [0.1, 0.15) is 40.5 Å². The van der Waals surface area contributed by atoms with Gasteiger partial charge in [0.2, 0.25) is 0 Å². The summed E-state index contributed by atoms with van der Waals surface area (Å²) in [5.41, 5.74) is 0. The van der Waals surface area contributed by atoms with E-state index in [4.69, 9.17) is 23.7 Å². The molecule has 1 heterocycles. The molecule has 0 aliphatic carbocycles. The quantitative estimate of drug-likeness (QED) is 0.386. The Morgan fingerprint density at radius 2 is 1.52 bits per heavy atom. The largest absolute Gasteiger partial charge is 0.456 e. The number of rotatable bonds is 7. The van der Waals surface area contributed by atoms with Gasteiger partial charge in [-0.1, -0.05) is 13.3 Å². The highest BCUT2D eigenvalue weighted by Gasteiger charge is 2.47. The van der Waals surface area contributed by atoms with Gasteiger partial charge in [0.1, 0.15) is 0 Å². The topological polar surface area (TPSA) is 97.4 Å². The summed E-state index contributed by atoms with van der Waals surface area (Å²) in [6, 6.07) is 0. The molecule has 1 aliphatic heterocycles. The molecule has 0 spiro atoms. The summed E-state index contributed by atoms with van der Waals surface area (Å²) in [6.07, 6.45) is -2.02. The van der Waals surface area contributed by atoms with E-state index < -0.39 is 42.5 Å². The number of unbranched alkanes of at least 4 members (excludes halogenated alkanes) is 1. The Hall–Kier alpha value is -1.67. The molecule has 132 valence electrons. The Kier molecular flexibility index (Phi) is 7.97. The zero-order valence-corrected chi connectivity index (χ0v) is 13.9. The van der Waals surface area contributed by atoms with E-state index in [1.54, 1.807) is 0 Å². The summed E-state index contributed by atoms with van der Waals surface area (Å²) in [5.74, 6) is -1.72. The first-order valence-corrected chi connectivity index (χ1v) is 7.60. The Bertz CT molecular complexity index is 422. The van der Waals surface area contributed by atoms with Crippen LogP contribution in [0.2, 0.25) is 0 Å². The van der Waals surface area contributed by atoms with Gasteiger partial charge in [-0.15, -0.1) is 0 Å². The highest BCUT2D eigenvalue weighted by Crippen LogP contribution is 2.25. The van der Waals surface area contributed by atoms with Crippen LogP contribution in [0.4, 0.5) is 0 Å². The lowest BCUT2D eigenvalue weighted by molar-refractivity contribution is -0.281. The van der Waals surface area contributed by atoms with Crippen LogP contribution in [0.5, 0.6) is 0 Å². The average Bonchev–Trinajstić information content (AvgIpc) is 2.43. The highest BCUT2D eigenvalue weighted by atomic mass is 16.7. The minimum absolute atomic E-state index is 0.0217. The van der Waals surface area contributed by atoms with Crippen molar-refractivity contribution >= 4 is 17.9 Å². The van der Waals surface area contributed by atoms with E-state index in [1.807, 2.05) is 6.92 Å². The second kappa shape index (κ2) is 9.46. The van der Waals surface area contributed by atoms with Crippen molar-refractivity contribution in [1.29, 1.82) is 0 Å². The zero-order chi connectivity index (χ0) is 17.4. The van der Waals surface area contributed by atoms with Crippen molar-refractivity contribution in [2.24, 2.45) is 0 Å². The molecule has 8 nitrogen and oxygen atoms in total. The molecule has 0 aromatic rings. The zero-order valence-electron chi connectivity index (χ0n) is 13.9. The van der Waals surface area contributed by atoms with Gasteiger partial charge >= 0.3 is 17.9 Å². The number of carbonyl (C=O) groups excluding carboxylic acids is 3. The van der Waals surface area contributed by atoms with Crippen molar-refractivity contribution in [3.05, 3.63) is 0 Å². The lowest BCUT2D eigenvalue weighted by atomic mass is 10.0. The standard InChI is InChI=1S/C15H24O8/c1-5-6-7-19-15-14(23-11(4)18)13(22-10(3)17)12(8-20-15)21-9(2)16/h12-15H,5-8H2,1-4H3/t12-,13+,14-,15-/m1/s1. The van der Waals surface area contributed by atoms with Crippen LogP contribution in [0, 0.1) is 0 Å². The molecule has 0 amide bonds. The van der Waals surface area contributed by atoms with Crippen LogP contribution in [0.15, 0.2) is 0 Å². The van der Waals surface area contributed by atoms with E-state index in [0.717, 1.165) is 12.8 Å². The van der Waals surface area contributed by atoms with Crippen molar-refractivity contribution < 1.29 is 38.1 Å². The van der Waals surface area contributed by atoms with Gasteiger partial charge in [0.25, 0.3) is 0 Å². The monoisotopic (exact) mass is 332 g/mol. The molecular formula is C15H24O8. The Labute approximate surface area is 135 Å². The number of ether oxygens (including phenoxy) is 5. The fourth-order valence-corrected chi connectivity index (χ4v) is 2.20. The summed E-state index contributed by atoms with van der Waals surface area (Å²) in [6.45, 7) is 6.07. The molecule has 0 bridgehead atoms. The van der Waals surface area contributed by atoms with E-state index in [1.165, 1.54) is 20.8 Å². The SMILES string of the molecule is CCCCO[C@@H]1OC[C@@H](OC(C)=O)[C@H](OC(C)=O)[C@H]1OC(C)=O. The maximum atomic E-state index is 11.4. The van der Waals surface area contributed by atoms with E-state index in [9.17, 15) is 14.4 Å². The van der Waals surface area contributed by atoms with Gasteiger partial charge in [0.15, 0.2) is 24.6 Å². The smallest absolute Gasteiger partial charge is 0.303 e. The van der Waals surface area contributed by atoms with Gasteiger partial charge < -0.3 is 23.7 Å². The fourth-order valence-electron chi connectivity index (χ4n) is 2.20. The van der Waals surface area contributed by atoms with Crippen LogP contribution in [0.25, 0.3) is 0 Å². The highest BCUT2D eigenvalue weighted by molar-refractivity contribution is 5.68. The summed E-state index contributed by atoms with van der Waals surface area (Å²) >= 11 is 0. The van der Waals surface area contributed by atoms with E-state index in [2.05, 4.69) is 0 Å². The lowest BCUT2D eigenvalue weighted by Crippen LogP contribution is -2.58. The molecule has 0 saturated carbocycles. The maximum Gasteiger partial charge on any atom is 0.303 e. The van der Waals surface area contributed by atoms with Crippen LogP contribution in [0.3, 0.4) is 0 Å². The van der Waals surface area contributed by atoms with E-state index >= 15 is 0 Å². The van der Waals surface area contributed by atoms with E-state index in [0.29, 0.717) is 6.61 Å². The third-order valence-corrected chi connectivity index (χ3v) is 3.08. The molecule has 0 unspecified atom stereocenters. The minimum atomic E-state index is -1.01. The average molecular weight is 332 g/mol. The van der Waals surface area contributed by atoms with Gasteiger partial charge in [0.05, 0.1) is 6.61 Å². The Balaban J connectivity index is 2.91. The third kappa shape index (κ3) is 6.54. The minimum Gasteiger partial charge on any atom is -0.456 e. The first-order chi connectivity index (χ1) is 10.8. The van der Waals surface area contributed by atoms with Crippen molar-refractivity contribution in [3.63, 3.8) is 0 Å². The van der Waals surface area contributed by atoms with Crippen LogP contribution < -0.4 is 0 Å². The second-order valence-electron chi connectivity index (χ2n) is 5.22. The number of hydrogen-bond acceptors (Lipinski definition) is 8. The molecule has 0 aromatic heterocycles. The molecule has 0 radical (unpaired) electrons. The molecule has 23 heavy (non-hydrogen) atoms. The van der Waals surface area contributed by atoms with Crippen molar-refractivity contribution in [3.8, 4) is 0 Å². The Morgan fingerprint density at radius 1 is 0.957 bits per heavy atom. The molecule has 0 aromatic carbocycles. The molecular weight excluding hydrogens is 308 g/mol. The molecule has 0 N–H and O–H groups in total. The van der Waals surface area contributed by atoms with E-state index in [-0.39, 0.29) is 6.61 Å². The molecule has 1 fully saturated rings. The predicted octanol–water partition coefficient (Wildman–Crippen LogP) is 0.954. The number of esters is 3. The normalized spacial score (nSPS) is 27.1. The second-order valence-corrected chi connectivity index (χ2v) is 5.22. The molecule has 8 heteroatoms. The molecule has 1 saturated heterocycles. The predicted molar refractivity (Wildman–Crippen MR) is 77.3 cm³/mol. The summed E-state index contributed by atoms with van der Waals surface area (Å²) in [5, 5.41) is 0. The fraction of sp³-hybridized carbons (Fsp3) is 0.800. The lowest BCUT2D eigenvalue weighted by Gasteiger charge is -2.40. The van der Waals surface area contributed by atoms with Gasteiger partial charge in [0, 0.05) is 27.4 Å². The Morgan fingerprint density at radius 3 is 2.04 bits per heavy atom. The third-order valence-electron chi connectivity index (χ3n) is 3.08. The summed E-state index contributed by atoms with van der Waals surface area (Å²) in [7, 11) is 0. The van der Waals surface area contributed by atoms with Crippen molar-refractivity contribution in [2.75, 3.05) is 13.2 Å². The van der Waals surface area contributed by atoms with Crippen molar-refractivity contribution in [1.82, 2.24) is 0 Å². The summed E-state index contributed by atoms with van der Waals surface area (Å²) in [4.78, 5) is 33.9. The van der Waals surface area contributed by atoms with Crippen LogP contribution in [-0.4, -0.2) is 55.7 Å². The van der Waals surface area contributed by atoms with Crippen molar-refractivity contribution in [2.45, 2.75) is 65.1 Å².